The van der Waals surface area contributed by atoms with Gasteiger partial charge < -0.3 is 9.64 Å². The van der Waals surface area contributed by atoms with Crippen LogP contribution in [0.2, 0.25) is 0 Å². The molecule has 30 heavy (non-hydrogen) atoms. The fraction of sp³-hybridized carbons (Fsp3) is 0.286. The van der Waals surface area contributed by atoms with Gasteiger partial charge in [-0.05, 0) is 47.2 Å². The average Bonchev–Trinajstić information content (AvgIpc) is 3.45. The molecule has 8 nitrogen and oxygen atoms in total. The highest BCUT2D eigenvalue weighted by atomic mass is 32.1. The van der Waals surface area contributed by atoms with Gasteiger partial charge in [-0.15, -0.1) is 5.10 Å². The van der Waals surface area contributed by atoms with Crippen molar-refractivity contribution in [2.45, 2.75) is 25.9 Å². The smallest absolute Gasteiger partial charge is 0.274 e. The zero-order valence-electron chi connectivity index (χ0n) is 16.4. The Bertz CT molecular complexity index is 1180. The lowest BCUT2D eigenvalue weighted by atomic mass is 10.1. The minimum absolute atomic E-state index is 0.0130. The maximum Gasteiger partial charge on any atom is 0.274 e. The van der Waals surface area contributed by atoms with Gasteiger partial charge in [0.1, 0.15) is 12.4 Å². The predicted molar refractivity (Wildman–Crippen MR) is 113 cm³/mol. The van der Waals surface area contributed by atoms with Gasteiger partial charge in [0.05, 0.1) is 15.9 Å². The van der Waals surface area contributed by atoms with Crippen LogP contribution >= 0.6 is 11.3 Å². The van der Waals surface area contributed by atoms with Gasteiger partial charge in [0.25, 0.3) is 11.1 Å². The number of piperidine rings is 1. The molecule has 4 aromatic rings. The van der Waals surface area contributed by atoms with Crippen LogP contribution in [0.1, 0.15) is 28.8 Å². The van der Waals surface area contributed by atoms with E-state index < -0.39 is 0 Å². The molecule has 1 aliphatic heterocycles. The van der Waals surface area contributed by atoms with Crippen LogP contribution in [0.15, 0.2) is 48.8 Å². The fourth-order valence-electron chi connectivity index (χ4n) is 3.68. The van der Waals surface area contributed by atoms with Crippen LogP contribution in [0.3, 0.4) is 0 Å². The van der Waals surface area contributed by atoms with Crippen LogP contribution in [0.4, 0.5) is 0 Å². The van der Waals surface area contributed by atoms with Gasteiger partial charge in [0.15, 0.2) is 0 Å². The van der Waals surface area contributed by atoms with Gasteiger partial charge in [-0.25, -0.2) is 9.67 Å². The maximum atomic E-state index is 13.0. The van der Waals surface area contributed by atoms with Crippen LogP contribution in [-0.2, 0) is 0 Å². The number of nitrogens with zero attached hydrogens (tertiary/aromatic N) is 6. The highest BCUT2D eigenvalue weighted by Gasteiger charge is 2.25. The number of tetrazole rings is 1. The molecule has 5 rings (SSSR count). The summed E-state index contributed by atoms with van der Waals surface area (Å²) in [4.78, 5) is 19.5. The molecule has 0 radical (unpaired) electrons. The number of hydrogen-bond donors (Lipinski definition) is 0. The molecule has 2 aromatic heterocycles. The number of rotatable bonds is 4. The molecule has 1 saturated heterocycles. The number of hydrogen-bond acceptors (Lipinski definition) is 7. The molecule has 1 amide bonds. The number of carbonyl (C=O) groups excluding carboxylic acids is 1. The van der Waals surface area contributed by atoms with Crippen LogP contribution in [0.5, 0.6) is 5.19 Å². The molecule has 0 unspecified atom stereocenters. The number of benzene rings is 2. The van der Waals surface area contributed by atoms with E-state index in [0.29, 0.717) is 23.8 Å². The molecule has 9 heteroatoms. The van der Waals surface area contributed by atoms with Crippen LogP contribution < -0.4 is 4.74 Å². The van der Waals surface area contributed by atoms with Crippen LogP contribution in [0.25, 0.3) is 15.9 Å². The quantitative estimate of drug-likeness (QED) is 0.504. The predicted octanol–water partition coefficient (Wildman–Crippen LogP) is 3.26. The molecule has 2 aromatic carbocycles. The molecular formula is C21H20N6O2S. The van der Waals surface area contributed by atoms with E-state index in [1.807, 2.05) is 35.2 Å². The van der Waals surface area contributed by atoms with Crippen molar-refractivity contribution >= 4 is 27.5 Å². The van der Waals surface area contributed by atoms with Crippen LogP contribution in [-0.4, -0.2) is 55.2 Å². The van der Waals surface area contributed by atoms with Crippen molar-refractivity contribution in [3.8, 4) is 10.9 Å². The van der Waals surface area contributed by atoms with Gasteiger partial charge in [0, 0.05) is 31.5 Å². The minimum Gasteiger partial charge on any atom is -0.467 e. The Kier molecular flexibility index (Phi) is 4.88. The lowest BCUT2D eigenvalue weighted by Crippen LogP contribution is -2.41. The molecule has 0 spiro atoms. The SMILES string of the molecule is Cc1cccc2sc(OC3CCN(C(=O)c4cccc(-n5cnnn5)c4)CC3)nc12. The lowest BCUT2D eigenvalue weighted by molar-refractivity contribution is 0.0595. The van der Waals surface area contributed by atoms with E-state index in [4.69, 9.17) is 4.74 Å². The van der Waals surface area contributed by atoms with E-state index in [1.54, 1.807) is 11.3 Å². The van der Waals surface area contributed by atoms with Gasteiger partial charge in [0.2, 0.25) is 0 Å². The largest absolute Gasteiger partial charge is 0.467 e. The second kappa shape index (κ2) is 7.83. The Hall–Kier alpha value is -3.33. The normalized spacial score (nSPS) is 14.9. The van der Waals surface area contributed by atoms with Gasteiger partial charge in [-0.1, -0.05) is 29.5 Å². The topological polar surface area (TPSA) is 86.0 Å². The standard InChI is InChI=1S/C21H20N6O2S/c1-14-4-2-7-18-19(14)23-21(30-18)29-17-8-10-26(11-9-17)20(28)15-5-3-6-16(12-15)27-13-22-24-25-27/h2-7,12-13,17H,8-11H2,1H3. The summed E-state index contributed by atoms with van der Waals surface area (Å²) in [5, 5.41) is 11.9. The van der Waals surface area contributed by atoms with E-state index in [9.17, 15) is 4.79 Å². The zero-order chi connectivity index (χ0) is 20.5. The summed E-state index contributed by atoms with van der Waals surface area (Å²) in [6, 6.07) is 13.5. The highest BCUT2D eigenvalue weighted by Crippen LogP contribution is 2.31. The number of ether oxygens (including phenoxy) is 1. The number of amides is 1. The third-order valence-corrected chi connectivity index (χ3v) is 6.22. The van der Waals surface area contributed by atoms with E-state index in [-0.39, 0.29) is 12.0 Å². The van der Waals surface area contributed by atoms with Gasteiger partial charge in [-0.2, -0.15) is 0 Å². The molecule has 1 aliphatic rings. The van der Waals surface area contributed by atoms with E-state index >= 15 is 0 Å². The van der Waals surface area contributed by atoms with E-state index in [0.717, 1.165) is 34.3 Å². The molecule has 0 atom stereocenters. The first-order chi connectivity index (χ1) is 14.7. The van der Waals surface area contributed by atoms with Crippen molar-refractivity contribution in [3.05, 3.63) is 59.9 Å². The first-order valence-corrected chi connectivity index (χ1v) is 10.6. The third kappa shape index (κ3) is 3.63. The third-order valence-electron chi connectivity index (χ3n) is 5.30. The molecule has 0 bridgehead atoms. The number of thiazole rings is 1. The van der Waals surface area contributed by atoms with Gasteiger partial charge in [-0.3, -0.25) is 4.79 Å². The number of carbonyl (C=O) groups is 1. The molecule has 152 valence electrons. The maximum absolute atomic E-state index is 13.0. The first-order valence-electron chi connectivity index (χ1n) is 9.83. The van der Waals surface area contributed by atoms with Crippen molar-refractivity contribution < 1.29 is 9.53 Å². The zero-order valence-corrected chi connectivity index (χ0v) is 17.2. The monoisotopic (exact) mass is 420 g/mol. The Balaban J connectivity index is 1.23. The van der Waals surface area contributed by atoms with Crippen molar-refractivity contribution in [1.82, 2.24) is 30.1 Å². The Morgan fingerprint density at radius 2 is 2.00 bits per heavy atom. The number of likely N-dealkylation sites (tertiary alicyclic amines) is 1. The summed E-state index contributed by atoms with van der Waals surface area (Å²) in [6.07, 6.45) is 3.15. The Labute approximate surface area is 177 Å². The summed E-state index contributed by atoms with van der Waals surface area (Å²) in [5.74, 6) is 0.0130. The van der Waals surface area contributed by atoms with Gasteiger partial charge >= 0.3 is 0 Å². The van der Waals surface area contributed by atoms with Crippen molar-refractivity contribution in [2.24, 2.45) is 0 Å². The summed E-state index contributed by atoms with van der Waals surface area (Å²) < 4.78 is 8.82. The van der Waals surface area contributed by atoms with Crippen molar-refractivity contribution in [3.63, 3.8) is 0 Å². The molecule has 1 fully saturated rings. The summed E-state index contributed by atoms with van der Waals surface area (Å²) in [6.45, 7) is 3.37. The average molecular weight is 420 g/mol. The molecular weight excluding hydrogens is 400 g/mol. The summed E-state index contributed by atoms with van der Waals surface area (Å²) >= 11 is 1.58. The molecule has 0 saturated carbocycles. The Morgan fingerprint density at radius 1 is 1.17 bits per heavy atom. The number of aryl methyl sites for hydroxylation is 1. The first kappa shape index (κ1) is 18.7. The fourth-order valence-corrected chi connectivity index (χ4v) is 4.64. The van der Waals surface area contributed by atoms with E-state index in [2.05, 4.69) is 39.6 Å². The number of fused-ring (bicyclic) bond motifs is 1. The summed E-state index contributed by atoms with van der Waals surface area (Å²) in [7, 11) is 0. The Morgan fingerprint density at radius 3 is 2.77 bits per heavy atom. The number of para-hydroxylation sites is 1. The number of aromatic nitrogens is 5. The van der Waals surface area contributed by atoms with E-state index in [1.165, 1.54) is 11.0 Å². The van der Waals surface area contributed by atoms with Crippen molar-refractivity contribution in [2.75, 3.05) is 13.1 Å². The second-order valence-corrected chi connectivity index (χ2v) is 8.31. The lowest BCUT2D eigenvalue weighted by Gasteiger charge is -2.31. The minimum atomic E-state index is 0.0130. The molecule has 3 heterocycles. The van der Waals surface area contributed by atoms with Crippen molar-refractivity contribution in [1.29, 1.82) is 0 Å². The molecule has 0 N–H and O–H groups in total. The molecule has 0 aliphatic carbocycles. The summed E-state index contributed by atoms with van der Waals surface area (Å²) in [5.41, 5.74) is 3.55. The highest BCUT2D eigenvalue weighted by molar-refractivity contribution is 7.20. The second-order valence-electron chi connectivity index (χ2n) is 7.32. The van der Waals surface area contributed by atoms with Crippen LogP contribution in [0, 0.1) is 6.92 Å².